The number of phenols is 1. The Hall–Kier alpha value is -3.60. The fourth-order valence-corrected chi connectivity index (χ4v) is 4.08. The van der Waals surface area contributed by atoms with Gasteiger partial charge in [-0.3, -0.25) is 4.79 Å². The standard InChI is InChI=1S/C25H23NO4/c1-30-25(29)22-15-20-14-21(27)13-12-19(20)16-26(22)24(28)23(17-8-4-2-5-9-17)18-10-6-3-7-11-18/h2-14,22-23,27H,15-16H2,1H3. The molecule has 4 rings (SSSR count). The summed E-state index contributed by atoms with van der Waals surface area (Å²) in [6, 6.07) is 23.5. The first kappa shape index (κ1) is 19.7. The number of carbonyl (C=O) groups is 2. The maximum Gasteiger partial charge on any atom is 0.328 e. The summed E-state index contributed by atoms with van der Waals surface area (Å²) in [4.78, 5) is 28.1. The van der Waals surface area contributed by atoms with Crippen LogP contribution in [0.1, 0.15) is 28.2 Å². The van der Waals surface area contributed by atoms with Gasteiger partial charge in [0, 0.05) is 13.0 Å². The smallest absolute Gasteiger partial charge is 0.328 e. The molecule has 0 radical (unpaired) electrons. The van der Waals surface area contributed by atoms with Crippen molar-refractivity contribution in [1.29, 1.82) is 0 Å². The highest BCUT2D eigenvalue weighted by atomic mass is 16.5. The minimum Gasteiger partial charge on any atom is -0.508 e. The minimum absolute atomic E-state index is 0.142. The third kappa shape index (κ3) is 3.79. The molecule has 0 fully saturated rings. The van der Waals surface area contributed by atoms with Crippen molar-refractivity contribution < 1.29 is 19.4 Å². The van der Waals surface area contributed by atoms with Crippen LogP contribution in [0.2, 0.25) is 0 Å². The van der Waals surface area contributed by atoms with E-state index in [9.17, 15) is 14.7 Å². The summed E-state index contributed by atoms with van der Waals surface area (Å²) in [6.45, 7) is 0.282. The summed E-state index contributed by atoms with van der Waals surface area (Å²) in [5.74, 6) is -0.999. The number of esters is 1. The van der Waals surface area contributed by atoms with Gasteiger partial charge in [-0.25, -0.2) is 4.79 Å². The topological polar surface area (TPSA) is 66.8 Å². The van der Waals surface area contributed by atoms with E-state index in [4.69, 9.17) is 4.74 Å². The molecule has 3 aromatic rings. The Labute approximate surface area is 175 Å². The molecule has 0 saturated heterocycles. The van der Waals surface area contributed by atoms with Crippen molar-refractivity contribution in [1.82, 2.24) is 4.90 Å². The predicted molar refractivity (Wildman–Crippen MR) is 113 cm³/mol. The second-order valence-corrected chi connectivity index (χ2v) is 7.42. The first-order valence-corrected chi connectivity index (χ1v) is 9.87. The number of hydrogen-bond donors (Lipinski definition) is 1. The molecule has 0 aromatic heterocycles. The fourth-order valence-electron chi connectivity index (χ4n) is 4.08. The Morgan fingerprint density at radius 1 is 0.933 bits per heavy atom. The number of carbonyl (C=O) groups excluding carboxylic acids is 2. The van der Waals surface area contributed by atoms with Crippen molar-refractivity contribution in [2.75, 3.05) is 7.11 Å². The van der Waals surface area contributed by atoms with E-state index in [1.165, 1.54) is 7.11 Å². The number of fused-ring (bicyclic) bond motifs is 1. The van der Waals surface area contributed by atoms with Crippen LogP contribution in [0.5, 0.6) is 5.75 Å². The van der Waals surface area contributed by atoms with E-state index in [0.29, 0.717) is 6.42 Å². The molecule has 5 nitrogen and oxygen atoms in total. The summed E-state index contributed by atoms with van der Waals surface area (Å²) in [5, 5.41) is 9.83. The molecule has 1 N–H and O–H groups in total. The zero-order chi connectivity index (χ0) is 21.1. The van der Waals surface area contributed by atoms with E-state index in [0.717, 1.165) is 22.3 Å². The maximum atomic E-state index is 13.9. The van der Waals surface area contributed by atoms with Gasteiger partial charge in [-0.1, -0.05) is 66.7 Å². The zero-order valence-electron chi connectivity index (χ0n) is 16.7. The maximum absolute atomic E-state index is 13.9. The number of aromatic hydroxyl groups is 1. The molecular formula is C25H23NO4. The van der Waals surface area contributed by atoms with E-state index >= 15 is 0 Å². The lowest BCUT2D eigenvalue weighted by Crippen LogP contribution is -2.50. The number of hydrogen-bond acceptors (Lipinski definition) is 4. The van der Waals surface area contributed by atoms with Crippen LogP contribution in [0, 0.1) is 0 Å². The molecule has 0 spiro atoms. The molecule has 1 aliphatic rings. The second kappa shape index (κ2) is 8.41. The number of phenolic OH excluding ortho intramolecular Hbond substituents is 1. The van der Waals surface area contributed by atoms with Crippen LogP contribution in [-0.2, 0) is 27.3 Å². The van der Waals surface area contributed by atoms with Crippen LogP contribution < -0.4 is 0 Å². The van der Waals surface area contributed by atoms with Gasteiger partial charge in [0.1, 0.15) is 11.8 Å². The van der Waals surface area contributed by atoms with Crippen molar-refractivity contribution in [2.45, 2.75) is 24.9 Å². The third-order valence-electron chi connectivity index (χ3n) is 5.59. The van der Waals surface area contributed by atoms with Crippen molar-refractivity contribution in [2.24, 2.45) is 0 Å². The monoisotopic (exact) mass is 401 g/mol. The van der Waals surface area contributed by atoms with Crippen molar-refractivity contribution in [3.8, 4) is 5.75 Å². The Bertz CT molecular complexity index is 1010. The number of benzene rings is 3. The van der Waals surface area contributed by atoms with E-state index in [2.05, 4.69) is 0 Å². The van der Waals surface area contributed by atoms with Gasteiger partial charge in [0.2, 0.25) is 5.91 Å². The summed E-state index contributed by atoms with van der Waals surface area (Å²) >= 11 is 0. The molecule has 3 aromatic carbocycles. The predicted octanol–water partition coefficient (Wildman–Crippen LogP) is 3.65. The van der Waals surface area contributed by atoms with Crippen molar-refractivity contribution in [3.05, 3.63) is 101 Å². The molecule has 30 heavy (non-hydrogen) atoms. The number of nitrogens with zero attached hydrogens (tertiary/aromatic N) is 1. The van der Waals surface area contributed by atoms with Crippen LogP contribution in [-0.4, -0.2) is 35.0 Å². The number of amides is 1. The molecular weight excluding hydrogens is 378 g/mol. The van der Waals surface area contributed by atoms with Gasteiger partial charge < -0.3 is 14.7 Å². The van der Waals surface area contributed by atoms with Gasteiger partial charge >= 0.3 is 5.97 Å². The van der Waals surface area contributed by atoms with Crippen molar-refractivity contribution in [3.63, 3.8) is 0 Å². The largest absolute Gasteiger partial charge is 0.508 e. The minimum atomic E-state index is -0.744. The Morgan fingerprint density at radius 3 is 2.10 bits per heavy atom. The molecule has 1 atom stereocenters. The molecule has 0 aliphatic carbocycles. The number of rotatable bonds is 4. The van der Waals surface area contributed by atoms with Gasteiger partial charge in [-0.2, -0.15) is 0 Å². The summed E-state index contributed by atoms with van der Waals surface area (Å²) in [7, 11) is 1.33. The Morgan fingerprint density at radius 2 is 1.53 bits per heavy atom. The summed E-state index contributed by atoms with van der Waals surface area (Å²) in [5.41, 5.74) is 3.51. The average Bonchev–Trinajstić information content (AvgIpc) is 2.79. The van der Waals surface area contributed by atoms with E-state index < -0.39 is 17.9 Å². The molecule has 1 aliphatic heterocycles. The molecule has 0 bridgehead atoms. The molecule has 1 amide bonds. The summed E-state index contributed by atoms with van der Waals surface area (Å²) < 4.78 is 5.01. The zero-order valence-corrected chi connectivity index (χ0v) is 16.7. The van der Waals surface area contributed by atoms with Crippen LogP contribution in [0.4, 0.5) is 0 Å². The highest BCUT2D eigenvalue weighted by Gasteiger charge is 2.39. The van der Waals surface area contributed by atoms with E-state index in [1.54, 1.807) is 23.1 Å². The van der Waals surface area contributed by atoms with Crippen molar-refractivity contribution >= 4 is 11.9 Å². The first-order chi connectivity index (χ1) is 14.6. The molecule has 1 unspecified atom stereocenters. The molecule has 5 heteroatoms. The fraction of sp³-hybridized carbons (Fsp3) is 0.200. The van der Waals surface area contributed by atoms with E-state index in [1.807, 2.05) is 60.7 Å². The normalized spacial score (nSPS) is 15.5. The lowest BCUT2D eigenvalue weighted by atomic mass is 9.87. The SMILES string of the molecule is COC(=O)C1Cc2cc(O)ccc2CN1C(=O)C(c1ccccc1)c1ccccc1. The van der Waals surface area contributed by atoms with Gasteiger partial charge in [0.05, 0.1) is 13.0 Å². The van der Waals surface area contributed by atoms with Crippen LogP contribution in [0.3, 0.4) is 0 Å². The van der Waals surface area contributed by atoms with Crippen LogP contribution >= 0.6 is 0 Å². The second-order valence-electron chi connectivity index (χ2n) is 7.42. The van der Waals surface area contributed by atoms with Gasteiger partial charge in [0.25, 0.3) is 0 Å². The van der Waals surface area contributed by atoms with Gasteiger partial charge in [-0.05, 0) is 34.4 Å². The lowest BCUT2D eigenvalue weighted by Gasteiger charge is -2.37. The Kier molecular flexibility index (Phi) is 5.53. The highest BCUT2D eigenvalue weighted by Crippen LogP contribution is 2.33. The third-order valence-corrected chi connectivity index (χ3v) is 5.59. The first-order valence-electron chi connectivity index (χ1n) is 9.87. The highest BCUT2D eigenvalue weighted by molar-refractivity contribution is 5.91. The Balaban J connectivity index is 1.77. The molecule has 0 saturated carbocycles. The average molecular weight is 401 g/mol. The van der Waals surface area contributed by atoms with Crippen LogP contribution in [0.15, 0.2) is 78.9 Å². The molecule has 152 valence electrons. The van der Waals surface area contributed by atoms with Crippen LogP contribution in [0.25, 0.3) is 0 Å². The summed E-state index contributed by atoms with van der Waals surface area (Å²) in [6.07, 6.45) is 0.304. The lowest BCUT2D eigenvalue weighted by molar-refractivity contribution is -0.154. The van der Waals surface area contributed by atoms with Gasteiger partial charge in [0.15, 0.2) is 0 Å². The number of ether oxygens (including phenoxy) is 1. The van der Waals surface area contributed by atoms with E-state index in [-0.39, 0.29) is 18.2 Å². The molecule has 1 heterocycles. The quantitative estimate of drug-likeness (QED) is 0.678. The number of methoxy groups -OCH3 is 1. The van der Waals surface area contributed by atoms with Gasteiger partial charge in [-0.15, -0.1) is 0 Å².